The summed E-state index contributed by atoms with van der Waals surface area (Å²) in [6.45, 7) is 6.76. The first-order valence-corrected chi connectivity index (χ1v) is 12.5. The van der Waals surface area contributed by atoms with E-state index in [0.29, 0.717) is 0 Å². The predicted molar refractivity (Wildman–Crippen MR) is 133 cm³/mol. The van der Waals surface area contributed by atoms with E-state index in [1.807, 2.05) is 0 Å². The van der Waals surface area contributed by atoms with Crippen LogP contribution in [0.1, 0.15) is 31.2 Å². The zero-order valence-electron chi connectivity index (χ0n) is 19.5. The molecule has 0 spiro atoms. The maximum Gasteiger partial charge on any atom is 0.223 e. The molecule has 174 valence electrons. The highest BCUT2D eigenvalue weighted by Gasteiger charge is 2.27. The molecule has 1 N–H and O–H groups in total. The molecule has 6 heteroatoms. The van der Waals surface area contributed by atoms with Gasteiger partial charge < -0.3 is 19.7 Å². The van der Waals surface area contributed by atoms with Gasteiger partial charge in [-0.3, -0.25) is 4.79 Å². The Kier molecular flexibility index (Phi) is 6.91. The smallest absolute Gasteiger partial charge is 0.223 e. The Labute approximate surface area is 196 Å². The van der Waals surface area contributed by atoms with Crippen LogP contribution >= 0.6 is 0 Å². The van der Waals surface area contributed by atoms with Crippen molar-refractivity contribution in [3.8, 4) is 0 Å². The third kappa shape index (κ3) is 5.22. The molecule has 6 nitrogen and oxygen atoms in total. The largest absolute Gasteiger partial charge is 0.355 e. The minimum Gasteiger partial charge on any atom is -0.355 e. The summed E-state index contributed by atoms with van der Waals surface area (Å²) in [5.41, 5.74) is 3.57. The van der Waals surface area contributed by atoms with E-state index in [-0.39, 0.29) is 11.8 Å². The Balaban J connectivity index is 1.21. The summed E-state index contributed by atoms with van der Waals surface area (Å²) in [4.78, 5) is 22.5. The number of piperidine rings is 1. The third-order valence-electron chi connectivity index (χ3n) is 7.18. The van der Waals surface area contributed by atoms with Crippen molar-refractivity contribution in [3.05, 3.63) is 60.2 Å². The molecule has 0 aliphatic carbocycles. The molecule has 1 amide bonds. The molecule has 0 radical (unpaired) electrons. The van der Waals surface area contributed by atoms with Crippen LogP contribution in [-0.4, -0.2) is 59.6 Å². The number of aryl methyl sites for hydroxylation is 2. The van der Waals surface area contributed by atoms with Gasteiger partial charge in [-0.2, -0.15) is 0 Å². The molecule has 0 atom stereocenters. The SMILES string of the molecule is O=C(NCCN1CCCC1)C1CCN(c2nc3ccccc3n2CCc2ccccc2)CC1. The van der Waals surface area contributed by atoms with Crippen molar-refractivity contribution < 1.29 is 4.79 Å². The number of fused-ring (bicyclic) bond motifs is 1. The maximum absolute atomic E-state index is 12.7. The monoisotopic (exact) mass is 445 g/mol. The topological polar surface area (TPSA) is 53.4 Å². The van der Waals surface area contributed by atoms with Crippen LogP contribution in [0.4, 0.5) is 5.95 Å². The van der Waals surface area contributed by atoms with Crippen LogP contribution < -0.4 is 10.2 Å². The fraction of sp³-hybridized carbons (Fsp3) is 0.481. The number of nitrogens with one attached hydrogen (secondary N) is 1. The van der Waals surface area contributed by atoms with Gasteiger partial charge in [-0.1, -0.05) is 42.5 Å². The van der Waals surface area contributed by atoms with Gasteiger partial charge in [-0.25, -0.2) is 4.98 Å². The zero-order valence-corrected chi connectivity index (χ0v) is 19.5. The van der Waals surface area contributed by atoms with Crippen LogP contribution in [0.5, 0.6) is 0 Å². The standard InChI is InChI=1S/C27H35N5O/c33-26(28-15-21-30-16-6-7-17-30)23-13-18-31(19-14-23)27-29-24-10-4-5-11-25(24)32(27)20-12-22-8-2-1-3-9-22/h1-5,8-11,23H,6-7,12-21H2,(H,28,33). The average molecular weight is 446 g/mol. The number of hydrogen-bond donors (Lipinski definition) is 1. The molecule has 3 aromatic rings. The summed E-state index contributed by atoms with van der Waals surface area (Å²) in [6.07, 6.45) is 5.34. The average Bonchev–Trinajstić information content (AvgIpc) is 3.51. The molecule has 1 aromatic heterocycles. The molecule has 3 heterocycles. The van der Waals surface area contributed by atoms with E-state index in [1.54, 1.807) is 0 Å². The molecule has 5 rings (SSSR count). The number of anilines is 1. The number of para-hydroxylation sites is 2. The van der Waals surface area contributed by atoms with Crippen LogP contribution in [0, 0.1) is 5.92 Å². The summed E-state index contributed by atoms with van der Waals surface area (Å²) in [5, 5.41) is 3.19. The van der Waals surface area contributed by atoms with E-state index < -0.39 is 0 Å². The van der Waals surface area contributed by atoms with Crippen molar-refractivity contribution in [1.82, 2.24) is 19.8 Å². The zero-order chi connectivity index (χ0) is 22.5. The lowest BCUT2D eigenvalue weighted by atomic mass is 9.96. The quantitative estimate of drug-likeness (QED) is 0.574. The first-order chi connectivity index (χ1) is 16.3. The van der Waals surface area contributed by atoms with E-state index in [9.17, 15) is 4.79 Å². The second-order valence-corrected chi connectivity index (χ2v) is 9.39. The second-order valence-electron chi connectivity index (χ2n) is 9.39. The molecule has 0 unspecified atom stereocenters. The van der Waals surface area contributed by atoms with Gasteiger partial charge >= 0.3 is 0 Å². The van der Waals surface area contributed by atoms with Gasteiger partial charge in [-0.05, 0) is 62.9 Å². The predicted octanol–water partition coefficient (Wildman–Crippen LogP) is 3.71. The molecule has 33 heavy (non-hydrogen) atoms. The van der Waals surface area contributed by atoms with Crippen molar-refractivity contribution in [2.75, 3.05) is 44.2 Å². The van der Waals surface area contributed by atoms with Gasteiger partial charge in [-0.15, -0.1) is 0 Å². The van der Waals surface area contributed by atoms with Crippen molar-refractivity contribution in [2.45, 2.75) is 38.6 Å². The molecular weight excluding hydrogens is 410 g/mol. The molecule has 0 saturated carbocycles. The van der Waals surface area contributed by atoms with Gasteiger partial charge in [0.25, 0.3) is 0 Å². The van der Waals surface area contributed by atoms with Gasteiger partial charge in [0.15, 0.2) is 0 Å². The summed E-state index contributed by atoms with van der Waals surface area (Å²) < 4.78 is 2.36. The Morgan fingerprint density at radius 3 is 2.42 bits per heavy atom. The lowest BCUT2D eigenvalue weighted by Crippen LogP contribution is -2.43. The van der Waals surface area contributed by atoms with Gasteiger partial charge in [0.05, 0.1) is 11.0 Å². The molecular formula is C27H35N5O. The van der Waals surface area contributed by atoms with E-state index in [2.05, 4.69) is 74.3 Å². The molecule has 0 bridgehead atoms. The Bertz CT molecular complexity index is 1050. The third-order valence-corrected chi connectivity index (χ3v) is 7.18. The van der Waals surface area contributed by atoms with Crippen LogP contribution in [0.25, 0.3) is 11.0 Å². The molecule has 2 aliphatic heterocycles. The minimum absolute atomic E-state index is 0.113. The van der Waals surface area contributed by atoms with E-state index >= 15 is 0 Å². The number of likely N-dealkylation sites (tertiary alicyclic amines) is 1. The van der Waals surface area contributed by atoms with Crippen LogP contribution in [0.3, 0.4) is 0 Å². The highest BCUT2D eigenvalue weighted by molar-refractivity contribution is 5.80. The van der Waals surface area contributed by atoms with Crippen molar-refractivity contribution in [2.24, 2.45) is 5.92 Å². The number of carbonyl (C=O) groups is 1. The molecule has 2 aromatic carbocycles. The fourth-order valence-corrected chi connectivity index (χ4v) is 5.24. The Morgan fingerprint density at radius 1 is 0.909 bits per heavy atom. The van der Waals surface area contributed by atoms with Crippen molar-refractivity contribution >= 4 is 22.9 Å². The normalized spacial score (nSPS) is 17.6. The Morgan fingerprint density at radius 2 is 1.64 bits per heavy atom. The first-order valence-electron chi connectivity index (χ1n) is 12.5. The lowest BCUT2D eigenvalue weighted by molar-refractivity contribution is -0.125. The first kappa shape index (κ1) is 22.0. The number of imidazole rings is 1. The maximum atomic E-state index is 12.7. The Hall–Kier alpha value is -2.86. The van der Waals surface area contributed by atoms with Crippen LogP contribution in [-0.2, 0) is 17.8 Å². The van der Waals surface area contributed by atoms with Gasteiger partial charge in [0, 0.05) is 38.6 Å². The summed E-state index contributed by atoms with van der Waals surface area (Å²) in [5.74, 6) is 1.38. The van der Waals surface area contributed by atoms with Crippen molar-refractivity contribution in [1.29, 1.82) is 0 Å². The summed E-state index contributed by atoms with van der Waals surface area (Å²) in [6, 6.07) is 19.0. The number of amides is 1. The minimum atomic E-state index is 0.113. The number of benzene rings is 2. The van der Waals surface area contributed by atoms with Crippen molar-refractivity contribution in [3.63, 3.8) is 0 Å². The highest BCUT2D eigenvalue weighted by Crippen LogP contribution is 2.27. The van der Waals surface area contributed by atoms with E-state index in [1.165, 1.54) is 37.0 Å². The number of rotatable bonds is 8. The highest BCUT2D eigenvalue weighted by atomic mass is 16.1. The van der Waals surface area contributed by atoms with Crippen LogP contribution in [0.15, 0.2) is 54.6 Å². The van der Waals surface area contributed by atoms with Crippen LogP contribution in [0.2, 0.25) is 0 Å². The van der Waals surface area contributed by atoms with Gasteiger partial charge in [0.1, 0.15) is 0 Å². The summed E-state index contributed by atoms with van der Waals surface area (Å²) >= 11 is 0. The number of carbonyl (C=O) groups excluding carboxylic acids is 1. The second kappa shape index (κ2) is 10.4. The molecule has 2 saturated heterocycles. The van der Waals surface area contributed by atoms with E-state index in [0.717, 1.165) is 63.5 Å². The fourth-order valence-electron chi connectivity index (χ4n) is 5.24. The van der Waals surface area contributed by atoms with Gasteiger partial charge in [0.2, 0.25) is 11.9 Å². The summed E-state index contributed by atoms with van der Waals surface area (Å²) in [7, 11) is 0. The number of hydrogen-bond acceptors (Lipinski definition) is 4. The number of aromatic nitrogens is 2. The van der Waals surface area contributed by atoms with E-state index in [4.69, 9.17) is 4.98 Å². The lowest BCUT2D eigenvalue weighted by Gasteiger charge is -2.32. The number of nitrogens with zero attached hydrogens (tertiary/aromatic N) is 4. The molecule has 2 aliphatic rings. The molecule has 2 fully saturated rings.